The summed E-state index contributed by atoms with van der Waals surface area (Å²) in [6.45, 7) is 1.58. The Labute approximate surface area is 136 Å². The lowest BCUT2D eigenvalue weighted by Crippen LogP contribution is -2.49. The topological polar surface area (TPSA) is 75.9 Å². The van der Waals surface area contributed by atoms with Crippen molar-refractivity contribution in [2.75, 3.05) is 33.8 Å². The van der Waals surface area contributed by atoms with E-state index in [0.29, 0.717) is 5.75 Å². The highest BCUT2D eigenvalue weighted by molar-refractivity contribution is 5.78. The molecule has 1 heterocycles. The minimum atomic E-state index is -0.464. The number of nitro groups is 1. The number of piperidine rings is 1. The van der Waals surface area contributed by atoms with Gasteiger partial charge in [-0.05, 0) is 45.5 Å². The van der Waals surface area contributed by atoms with Gasteiger partial charge in [0, 0.05) is 31.3 Å². The van der Waals surface area contributed by atoms with E-state index in [-0.39, 0.29) is 24.2 Å². The van der Waals surface area contributed by atoms with Crippen LogP contribution in [0, 0.1) is 10.1 Å². The zero-order chi connectivity index (χ0) is 16.8. The molecule has 0 aromatic heterocycles. The Morgan fingerprint density at radius 1 is 1.35 bits per heavy atom. The molecule has 1 fully saturated rings. The quantitative estimate of drug-likeness (QED) is 0.591. The normalized spacial score (nSPS) is 18.0. The monoisotopic (exact) mass is 321 g/mol. The SMILES string of the molecule is CN(C)C[C@@H]1CCCCN1C(=O)COc1ccc([N+](=O)[O-])cc1. The average molecular weight is 321 g/mol. The first-order chi connectivity index (χ1) is 11.0. The summed E-state index contributed by atoms with van der Waals surface area (Å²) in [5, 5.41) is 10.6. The van der Waals surface area contributed by atoms with E-state index in [4.69, 9.17) is 4.74 Å². The summed E-state index contributed by atoms with van der Waals surface area (Å²) in [6, 6.07) is 6.00. The Bertz CT molecular complexity index is 545. The number of rotatable bonds is 6. The fourth-order valence-corrected chi connectivity index (χ4v) is 2.83. The molecule has 1 aliphatic heterocycles. The van der Waals surface area contributed by atoms with Crippen LogP contribution in [0.15, 0.2) is 24.3 Å². The Kier molecular flexibility index (Phi) is 5.92. The zero-order valence-electron chi connectivity index (χ0n) is 13.6. The summed E-state index contributed by atoms with van der Waals surface area (Å²) in [5.74, 6) is 0.431. The number of benzene rings is 1. The van der Waals surface area contributed by atoms with Crippen molar-refractivity contribution in [1.29, 1.82) is 0 Å². The molecule has 0 N–H and O–H groups in total. The molecule has 0 radical (unpaired) electrons. The second-order valence-electron chi connectivity index (χ2n) is 6.04. The van der Waals surface area contributed by atoms with Crippen LogP contribution in [0.5, 0.6) is 5.75 Å². The Hall–Kier alpha value is -2.15. The average Bonchev–Trinajstić information content (AvgIpc) is 2.53. The van der Waals surface area contributed by atoms with Crippen molar-refractivity contribution in [3.05, 3.63) is 34.4 Å². The summed E-state index contributed by atoms with van der Waals surface area (Å²) in [5.41, 5.74) is 0.00533. The van der Waals surface area contributed by atoms with Crippen molar-refractivity contribution >= 4 is 11.6 Å². The molecule has 23 heavy (non-hydrogen) atoms. The van der Waals surface area contributed by atoms with E-state index in [2.05, 4.69) is 4.90 Å². The molecule has 0 aliphatic carbocycles. The number of likely N-dealkylation sites (N-methyl/N-ethyl adjacent to an activating group) is 1. The van der Waals surface area contributed by atoms with Crippen LogP contribution in [0.25, 0.3) is 0 Å². The highest BCUT2D eigenvalue weighted by Crippen LogP contribution is 2.20. The molecule has 2 rings (SSSR count). The van der Waals surface area contributed by atoms with Crippen LogP contribution in [0.1, 0.15) is 19.3 Å². The third-order valence-corrected chi connectivity index (χ3v) is 3.93. The van der Waals surface area contributed by atoms with E-state index in [0.717, 1.165) is 32.4 Å². The molecule has 1 saturated heterocycles. The number of likely N-dealkylation sites (tertiary alicyclic amines) is 1. The summed E-state index contributed by atoms with van der Waals surface area (Å²) < 4.78 is 5.48. The first kappa shape index (κ1) is 17.2. The molecule has 7 heteroatoms. The van der Waals surface area contributed by atoms with Gasteiger partial charge in [-0.1, -0.05) is 0 Å². The number of carbonyl (C=O) groups is 1. The van der Waals surface area contributed by atoms with Gasteiger partial charge in [-0.15, -0.1) is 0 Å². The van der Waals surface area contributed by atoms with E-state index < -0.39 is 4.92 Å². The van der Waals surface area contributed by atoms with Crippen LogP contribution in [0.2, 0.25) is 0 Å². The van der Waals surface area contributed by atoms with Crippen molar-refractivity contribution in [2.45, 2.75) is 25.3 Å². The molecular formula is C16H23N3O4. The molecule has 1 aliphatic rings. The number of non-ortho nitro benzene ring substituents is 1. The first-order valence-corrected chi connectivity index (χ1v) is 7.79. The number of hydrogen-bond donors (Lipinski definition) is 0. The highest BCUT2D eigenvalue weighted by Gasteiger charge is 2.27. The maximum absolute atomic E-state index is 12.4. The van der Waals surface area contributed by atoms with Crippen molar-refractivity contribution in [3.63, 3.8) is 0 Å². The van der Waals surface area contributed by atoms with Crippen LogP contribution in [-0.2, 0) is 4.79 Å². The predicted octanol–water partition coefficient (Wildman–Crippen LogP) is 1.92. The predicted molar refractivity (Wildman–Crippen MR) is 86.5 cm³/mol. The van der Waals surface area contributed by atoms with Gasteiger partial charge in [-0.3, -0.25) is 14.9 Å². The van der Waals surface area contributed by atoms with Crippen LogP contribution >= 0.6 is 0 Å². The van der Waals surface area contributed by atoms with Gasteiger partial charge >= 0.3 is 0 Å². The van der Waals surface area contributed by atoms with Gasteiger partial charge in [-0.2, -0.15) is 0 Å². The number of amides is 1. The fraction of sp³-hybridized carbons (Fsp3) is 0.562. The number of carbonyl (C=O) groups excluding carboxylic acids is 1. The molecule has 0 saturated carbocycles. The van der Waals surface area contributed by atoms with Crippen molar-refractivity contribution < 1.29 is 14.5 Å². The lowest BCUT2D eigenvalue weighted by molar-refractivity contribution is -0.384. The fourth-order valence-electron chi connectivity index (χ4n) is 2.83. The van der Waals surface area contributed by atoms with E-state index in [9.17, 15) is 14.9 Å². The van der Waals surface area contributed by atoms with Gasteiger partial charge in [-0.25, -0.2) is 0 Å². The molecule has 0 bridgehead atoms. The summed E-state index contributed by atoms with van der Waals surface area (Å²) in [6.07, 6.45) is 3.18. The van der Waals surface area contributed by atoms with Gasteiger partial charge in [0.1, 0.15) is 5.75 Å². The second kappa shape index (κ2) is 7.92. The minimum absolute atomic E-state index is 0.00533. The zero-order valence-corrected chi connectivity index (χ0v) is 13.6. The molecule has 0 spiro atoms. The maximum Gasteiger partial charge on any atom is 0.269 e. The smallest absolute Gasteiger partial charge is 0.269 e. The lowest BCUT2D eigenvalue weighted by atomic mass is 10.0. The largest absolute Gasteiger partial charge is 0.484 e. The molecular weight excluding hydrogens is 298 g/mol. The summed E-state index contributed by atoms with van der Waals surface area (Å²) >= 11 is 0. The summed E-state index contributed by atoms with van der Waals surface area (Å²) in [7, 11) is 4.01. The number of nitro benzene ring substituents is 1. The number of ether oxygens (including phenoxy) is 1. The molecule has 126 valence electrons. The lowest BCUT2D eigenvalue weighted by Gasteiger charge is -2.37. The molecule has 1 atom stereocenters. The van der Waals surface area contributed by atoms with Gasteiger partial charge in [0.2, 0.25) is 0 Å². The molecule has 1 aromatic rings. The van der Waals surface area contributed by atoms with E-state index in [1.54, 1.807) is 0 Å². The van der Waals surface area contributed by atoms with E-state index in [1.807, 2.05) is 19.0 Å². The molecule has 0 unspecified atom stereocenters. The summed E-state index contributed by atoms with van der Waals surface area (Å²) in [4.78, 5) is 26.5. The van der Waals surface area contributed by atoms with Crippen LogP contribution in [-0.4, -0.2) is 60.5 Å². The molecule has 1 aromatic carbocycles. The maximum atomic E-state index is 12.4. The second-order valence-corrected chi connectivity index (χ2v) is 6.04. The van der Waals surface area contributed by atoms with Gasteiger partial charge in [0.15, 0.2) is 6.61 Å². The Balaban J connectivity index is 1.90. The Morgan fingerprint density at radius 2 is 2.04 bits per heavy atom. The van der Waals surface area contributed by atoms with Gasteiger partial charge in [0.05, 0.1) is 4.92 Å². The van der Waals surface area contributed by atoms with Crippen molar-refractivity contribution in [3.8, 4) is 5.75 Å². The number of nitrogens with zero attached hydrogens (tertiary/aromatic N) is 3. The van der Waals surface area contributed by atoms with Crippen LogP contribution < -0.4 is 4.74 Å². The third-order valence-electron chi connectivity index (χ3n) is 3.93. The van der Waals surface area contributed by atoms with E-state index in [1.165, 1.54) is 24.3 Å². The highest BCUT2D eigenvalue weighted by atomic mass is 16.6. The first-order valence-electron chi connectivity index (χ1n) is 7.79. The third kappa shape index (κ3) is 4.92. The molecule has 7 nitrogen and oxygen atoms in total. The minimum Gasteiger partial charge on any atom is -0.484 e. The Morgan fingerprint density at radius 3 is 2.65 bits per heavy atom. The van der Waals surface area contributed by atoms with Gasteiger partial charge in [0.25, 0.3) is 11.6 Å². The van der Waals surface area contributed by atoms with E-state index >= 15 is 0 Å². The van der Waals surface area contributed by atoms with Crippen molar-refractivity contribution in [1.82, 2.24) is 9.80 Å². The molecule has 1 amide bonds. The van der Waals surface area contributed by atoms with Crippen LogP contribution in [0.4, 0.5) is 5.69 Å². The van der Waals surface area contributed by atoms with Crippen LogP contribution in [0.3, 0.4) is 0 Å². The standard InChI is InChI=1S/C16H23N3O4/c1-17(2)11-14-5-3-4-10-18(14)16(20)12-23-15-8-6-13(7-9-15)19(21)22/h6-9,14H,3-5,10-12H2,1-2H3/t14-/m0/s1. The van der Waals surface area contributed by atoms with Crippen molar-refractivity contribution in [2.24, 2.45) is 0 Å². The van der Waals surface area contributed by atoms with Gasteiger partial charge < -0.3 is 14.5 Å². The number of hydrogen-bond acceptors (Lipinski definition) is 5.